The minimum absolute atomic E-state index is 0.119. The van der Waals surface area contributed by atoms with E-state index in [4.69, 9.17) is 5.11 Å². The Morgan fingerprint density at radius 1 is 1.00 bits per heavy atom. The molecule has 1 aromatic carbocycles. The Bertz CT molecular complexity index is 669. The predicted octanol–water partition coefficient (Wildman–Crippen LogP) is 2.80. The van der Waals surface area contributed by atoms with Gasteiger partial charge in [-0.3, -0.25) is 9.78 Å². The van der Waals surface area contributed by atoms with Gasteiger partial charge in [-0.25, -0.2) is 4.79 Å². The van der Waals surface area contributed by atoms with Gasteiger partial charge in [-0.2, -0.15) is 0 Å². The zero-order valence-corrected chi connectivity index (χ0v) is 13.8. The fourth-order valence-electron chi connectivity index (χ4n) is 2.50. The number of carboxylic acids is 1. The van der Waals surface area contributed by atoms with Crippen LogP contribution in [0.25, 0.3) is 0 Å². The lowest BCUT2D eigenvalue weighted by Gasteiger charge is -2.21. The first-order valence-electron chi connectivity index (χ1n) is 8.09. The maximum Gasteiger partial charge on any atom is 0.335 e. The number of nitrogens with zero attached hydrogens (tertiary/aromatic N) is 2. The van der Waals surface area contributed by atoms with E-state index < -0.39 is 5.97 Å². The summed E-state index contributed by atoms with van der Waals surface area (Å²) in [5, 5.41) is 8.89. The predicted molar refractivity (Wildman–Crippen MR) is 91.9 cm³/mol. The molecule has 2 aromatic rings. The van der Waals surface area contributed by atoms with Crippen molar-refractivity contribution in [3.05, 3.63) is 65.5 Å². The molecule has 0 atom stereocenters. The molecule has 2 rings (SSSR count). The van der Waals surface area contributed by atoms with Crippen LogP contribution >= 0.6 is 0 Å². The van der Waals surface area contributed by atoms with Gasteiger partial charge in [0.25, 0.3) is 0 Å². The van der Waals surface area contributed by atoms with Gasteiger partial charge in [0.15, 0.2) is 0 Å². The van der Waals surface area contributed by atoms with Crippen LogP contribution in [-0.4, -0.2) is 40.0 Å². The van der Waals surface area contributed by atoms with Crippen LogP contribution in [0.2, 0.25) is 0 Å². The average Bonchev–Trinajstić information content (AvgIpc) is 2.61. The smallest absolute Gasteiger partial charge is 0.335 e. The number of aromatic nitrogens is 1. The van der Waals surface area contributed by atoms with E-state index in [-0.39, 0.29) is 11.5 Å². The summed E-state index contributed by atoms with van der Waals surface area (Å²) in [6.07, 6.45) is 5.37. The van der Waals surface area contributed by atoms with Gasteiger partial charge in [-0.05, 0) is 55.2 Å². The number of aromatic carboxylic acids is 1. The molecule has 0 aliphatic heterocycles. The van der Waals surface area contributed by atoms with Crippen molar-refractivity contribution < 1.29 is 14.7 Å². The minimum atomic E-state index is -0.939. The minimum Gasteiger partial charge on any atom is -0.478 e. The SMILES string of the molecule is CCN(CCc1ccncc1)C(=O)CCc1ccc(C(=O)O)cc1. The molecule has 24 heavy (non-hydrogen) atoms. The van der Waals surface area contributed by atoms with E-state index in [0.717, 1.165) is 12.0 Å². The maximum atomic E-state index is 12.4. The average molecular weight is 326 g/mol. The van der Waals surface area contributed by atoms with Crippen molar-refractivity contribution in [3.8, 4) is 0 Å². The Labute approximate surface area is 142 Å². The van der Waals surface area contributed by atoms with Crippen LogP contribution in [0, 0.1) is 0 Å². The first kappa shape index (κ1) is 17.7. The number of hydrogen-bond acceptors (Lipinski definition) is 3. The number of carbonyl (C=O) groups excluding carboxylic acids is 1. The first-order chi connectivity index (χ1) is 11.6. The highest BCUT2D eigenvalue weighted by Crippen LogP contribution is 2.09. The van der Waals surface area contributed by atoms with Gasteiger partial charge in [0.05, 0.1) is 5.56 Å². The number of pyridine rings is 1. The maximum absolute atomic E-state index is 12.4. The van der Waals surface area contributed by atoms with Crippen molar-refractivity contribution in [2.45, 2.75) is 26.2 Å². The summed E-state index contributed by atoms with van der Waals surface area (Å²) in [5.74, 6) is -0.820. The Morgan fingerprint density at radius 2 is 1.62 bits per heavy atom. The molecule has 1 N–H and O–H groups in total. The van der Waals surface area contributed by atoms with Crippen LogP contribution in [0.3, 0.4) is 0 Å². The summed E-state index contributed by atoms with van der Waals surface area (Å²) in [6, 6.07) is 10.6. The van der Waals surface area contributed by atoms with Crippen LogP contribution in [0.1, 0.15) is 34.8 Å². The van der Waals surface area contributed by atoms with Crippen molar-refractivity contribution in [2.75, 3.05) is 13.1 Å². The van der Waals surface area contributed by atoms with E-state index in [1.165, 1.54) is 5.56 Å². The number of carboxylic acid groups (broad SMARTS) is 1. The Hall–Kier alpha value is -2.69. The zero-order valence-electron chi connectivity index (χ0n) is 13.8. The quantitative estimate of drug-likeness (QED) is 0.810. The lowest BCUT2D eigenvalue weighted by molar-refractivity contribution is -0.130. The molecule has 0 radical (unpaired) electrons. The summed E-state index contributed by atoms with van der Waals surface area (Å²) in [6.45, 7) is 3.35. The molecule has 126 valence electrons. The largest absolute Gasteiger partial charge is 0.478 e. The second-order valence-corrected chi connectivity index (χ2v) is 5.58. The standard InChI is InChI=1S/C19H22N2O3/c1-2-21(14-11-16-9-12-20-13-10-16)18(22)8-5-15-3-6-17(7-4-15)19(23)24/h3-4,6-7,9-10,12-13H,2,5,8,11,14H2,1H3,(H,23,24). The molecule has 0 unspecified atom stereocenters. The van der Waals surface area contributed by atoms with Gasteiger partial charge in [0.1, 0.15) is 0 Å². The summed E-state index contributed by atoms with van der Waals surface area (Å²) in [4.78, 5) is 29.0. The van der Waals surface area contributed by atoms with E-state index in [2.05, 4.69) is 4.98 Å². The van der Waals surface area contributed by atoms with Gasteiger partial charge >= 0.3 is 5.97 Å². The third-order valence-corrected chi connectivity index (χ3v) is 3.98. The molecule has 1 aromatic heterocycles. The normalized spacial score (nSPS) is 10.4. The molecule has 0 saturated heterocycles. The molecule has 5 nitrogen and oxygen atoms in total. The van der Waals surface area contributed by atoms with E-state index in [1.54, 1.807) is 36.7 Å². The number of aryl methyl sites for hydroxylation is 1. The number of rotatable bonds is 8. The molecule has 0 aliphatic carbocycles. The summed E-state index contributed by atoms with van der Waals surface area (Å²) < 4.78 is 0. The van der Waals surface area contributed by atoms with Gasteiger partial charge in [0.2, 0.25) is 5.91 Å². The summed E-state index contributed by atoms with van der Waals surface area (Å²) >= 11 is 0. The topological polar surface area (TPSA) is 70.5 Å². The molecule has 1 amide bonds. The van der Waals surface area contributed by atoms with Crippen molar-refractivity contribution in [1.29, 1.82) is 0 Å². The van der Waals surface area contributed by atoms with Crippen LogP contribution in [-0.2, 0) is 17.6 Å². The zero-order chi connectivity index (χ0) is 17.4. The van der Waals surface area contributed by atoms with E-state index in [0.29, 0.717) is 25.9 Å². The van der Waals surface area contributed by atoms with Crippen molar-refractivity contribution >= 4 is 11.9 Å². The summed E-state index contributed by atoms with van der Waals surface area (Å²) in [5.41, 5.74) is 2.40. The van der Waals surface area contributed by atoms with Crippen molar-refractivity contribution in [1.82, 2.24) is 9.88 Å². The highest BCUT2D eigenvalue weighted by atomic mass is 16.4. The molecule has 5 heteroatoms. The fourth-order valence-corrected chi connectivity index (χ4v) is 2.50. The van der Waals surface area contributed by atoms with Crippen LogP contribution in [0.15, 0.2) is 48.8 Å². The van der Waals surface area contributed by atoms with Gasteiger partial charge in [0, 0.05) is 31.9 Å². The molecule has 0 spiro atoms. The monoisotopic (exact) mass is 326 g/mol. The highest BCUT2D eigenvalue weighted by molar-refractivity contribution is 5.87. The Morgan fingerprint density at radius 3 is 2.21 bits per heavy atom. The molecule has 1 heterocycles. The number of likely N-dealkylation sites (N-methyl/N-ethyl adjacent to an activating group) is 1. The molecule has 0 fully saturated rings. The van der Waals surface area contributed by atoms with Crippen LogP contribution < -0.4 is 0 Å². The van der Waals surface area contributed by atoms with Crippen LogP contribution in [0.4, 0.5) is 0 Å². The van der Waals surface area contributed by atoms with E-state index in [1.807, 2.05) is 24.0 Å². The molecule has 0 bridgehead atoms. The lowest BCUT2D eigenvalue weighted by Crippen LogP contribution is -2.32. The fraction of sp³-hybridized carbons (Fsp3) is 0.316. The number of benzene rings is 1. The number of hydrogen-bond donors (Lipinski definition) is 1. The van der Waals surface area contributed by atoms with Crippen molar-refractivity contribution in [2.24, 2.45) is 0 Å². The number of carbonyl (C=O) groups is 2. The second kappa shape index (κ2) is 8.82. The molecule has 0 aliphatic rings. The molecular formula is C19H22N2O3. The Balaban J connectivity index is 1.84. The Kier molecular flexibility index (Phi) is 6.49. The number of amides is 1. The van der Waals surface area contributed by atoms with Gasteiger partial charge in [-0.1, -0.05) is 12.1 Å². The van der Waals surface area contributed by atoms with E-state index in [9.17, 15) is 9.59 Å². The molecular weight excluding hydrogens is 304 g/mol. The third kappa shape index (κ3) is 5.19. The van der Waals surface area contributed by atoms with Gasteiger partial charge < -0.3 is 10.0 Å². The third-order valence-electron chi connectivity index (χ3n) is 3.98. The molecule has 0 saturated carbocycles. The van der Waals surface area contributed by atoms with Crippen molar-refractivity contribution in [3.63, 3.8) is 0 Å². The summed E-state index contributed by atoms with van der Waals surface area (Å²) in [7, 11) is 0. The lowest BCUT2D eigenvalue weighted by atomic mass is 10.1. The first-order valence-corrected chi connectivity index (χ1v) is 8.09. The van der Waals surface area contributed by atoms with Gasteiger partial charge in [-0.15, -0.1) is 0 Å². The van der Waals surface area contributed by atoms with E-state index >= 15 is 0 Å². The second-order valence-electron chi connectivity index (χ2n) is 5.58. The highest BCUT2D eigenvalue weighted by Gasteiger charge is 2.12. The van der Waals surface area contributed by atoms with Crippen LogP contribution in [0.5, 0.6) is 0 Å².